The normalized spacial score (nSPS) is 15.6. The average molecular weight is 1960 g/mol. The van der Waals surface area contributed by atoms with Crippen LogP contribution in [0.25, 0.3) is 0 Å². The Morgan fingerprint density at radius 3 is 0.952 bits per heavy atom. The van der Waals surface area contributed by atoms with E-state index in [9.17, 15) is 96.2 Å². The van der Waals surface area contributed by atoms with Gasteiger partial charge in [0.1, 0.15) is 0 Å². The Morgan fingerprint density at radius 1 is 0.429 bits per heavy atom. The van der Waals surface area contributed by atoms with Crippen molar-refractivity contribution in [1.29, 1.82) is 0 Å². The van der Waals surface area contributed by atoms with Gasteiger partial charge in [-0.15, -0.1) is 0 Å². The summed E-state index contributed by atoms with van der Waals surface area (Å²) >= 11 is -97.7. The molecular weight excluding hydrogens is 1950 g/mol. The Hall–Kier alpha value is 1.55. The molecule has 63 heavy (non-hydrogen) atoms. The minimum atomic E-state index is -8.90. The van der Waals surface area contributed by atoms with E-state index >= 15 is 0 Å². The van der Waals surface area contributed by atoms with Crippen molar-refractivity contribution in [2.75, 3.05) is 7.11 Å². The van der Waals surface area contributed by atoms with Crippen LogP contribution in [0.3, 0.4) is 0 Å². The third-order valence-electron chi connectivity index (χ3n) is 3.50. The van der Waals surface area contributed by atoms with E-state index in [1.165, 1.54) is 0 Å². The number of rotatable bonds is 28. The SMILES string of the molecule is C[O][Mo](=[O])(=[O])[O][Mo](=[O])(=[O])[O][Mo](=[O])(=[O])[O][Mo](=[O])(=[O])[O]P(=O)([O][Mo](=[O])(=[O])[O][Mo](=[O])(=[O])[O][Mo](=[O])(=[O])[O][Mo](=[O])(=[O])[OH])[O][Mo](=[O])(=[O])[O][Mo](=[O])(=[O])[O][Mo](=[O])(=[O])[O][Mo](=[O])(=[O])[O]c1ccc([N+](=O)[O-])cc1. The molecule has 43 nitrogen and oxygen atoms in total. The van der Waals surface area contributed by atoms with Gasteiger partial charge in [-0.25, -0.2) is 0 Å². The zero-order valence-electron chi connectivity index (χ0n) is 27.3. The number of nitro groups is 1. The molecule has 0 fully saturated rings. The van der Waals surface area contributed by atoms with Gasteiger partial charge < -0.3 is 0 Å². The van der Waals surface area contributed by atoms with Gasteiger partial charge in [0.05, 0.1) is 0 Å². The maximum absolute atomic E-state index is 13.0. The molecule has 1 unspecified atom stereocenters. The summed E-state index contributed by atoms with van der Waals surface area (Å²) in [5, 5.41) is 10.7. The van der Waals surface area contributed by atoms with Crippen molar-refractivity contribution in [1.82, 2.24) is 0 Å². The molecule has 0 aliphatic rings. The first-order valence-corrected chi connectivity index (χ1v) is 52.6. The quantitative estimate of drug-likeness (QED) is 0.0411. The van der Waals surface area contributed by atoms with Crippen molar-refractivity contribution in [3.63, 3.8) is 0 Å². The van der Waals surface area contributed by atoms with Crippen LogP contribution in [0.2, 0.25) is 0 Å². The van der Waals surface area contributed by atoms with Gasteiger partial charge in [0.25, 0.3) is 0 Å². The molecule has 0 spiro atoms. The van der Waals surface area contributed by atoms with Crippen LogP contribution in [0.4, 0.5) is 5.69 Å². The molecule has 0 aliphatic carbocycles. The van der Waals surface area contributed by atoms with E-state index in [0.29, 0.717) is 24.3 Å². The third kappa shape index (κ3) is 26.4. The maximum atomic E-state index is 13.0. The predicted molar refractivity (Wildman–Crippen MR) is 80.1 cm³/mol. The molecule has 1 rings (SSSR count). The summed E-state index contributed by atoms with van der Waals surface area (Å²) < 4.78 is 351. The molecule has 0 bridgehead atoms. The van der Waals surface area contributed by atoms with Crippen molar-refractivity contribution in [3.8, 4) is 5.75 Å². The van der Waals surface area contributed by atoms with Crippen molar-refractivity contribution in [2.24, 2.45) is 0 Å². The Kier molecular flexibility index (Phi) is 21.7. The molecule has 0 saturated carbocycles. The zero-order valence-corrected chi connectivity index (χ0v) is 52.3. The second-order valence-corrected chi connectivity index (χ2v) is 59.1. The molecule has 0 aromatic heterocycles. The molecule has 56 heteroatoms. The number of hydrogen-bond acceptors (Lipinski definition) is 41. The second kappa shape index (κ2) is 21.9. The van der Waals surface area contributed by atoms with Crippen molar-refractivity contribution in [3.05, 3.63) is 34.4 Å². The summed E-state index contributed by atoms with van der Waals surface area (Å²) in [5.41, 5.74) is -0.705. The summed E-state index contributed by atoms with van der Waals surface area (Å²) in [7, 11) is -7.75. The molecule has 1 atom stereocenters. The monoisotopic (exact) mass is 1980 g/mol. The molecule has 1 N–H and O–H groups in total. The first kappa shape index (κ1) is 62.6. The van der Waals surface area contributed by atoms with Gasteiger partial charge in [0.2, 0.25) is 0 Å². The standard InChI is InChI=1S/C6H5NO3.CH3O.12Mo.H3O4P.H2O.33O/c8-6-3-1-5(2-4-6)7(9)10;1-2;;;;;;;;;;;;;1-5(2,3)4;;;;;;;;;;;;;;;;;;;;;;;;;;;;;;;;;;/h1-4,8H;1H3;;;;;;;;;;;;;(H3,1,2,3,4);1H2;;;;;;;;;;;;;;;;;;;;;;;;;;;;;;;;;/q;-1;;;;;;;6*+1;;;;;;;;;;;;;;;;;;;;;;;;;;;;;;;;;;;/p-5. The topological polar surface area (TPSA) is 619 Å². The van der Waals surface area contributed by atoms with E-state index in [4.69, 9.17) is 3.76 Å². The van der Waals surface area contributed by atoms with Gasteiger partial charge in [-0.05, 0) is 0 Å². The first-order chi connectivity index (χ1) is 27.4. The summed E-state index contributed by atoms with van der Waals surface area (Å²) in [6.07, 6.45) is 0. The summed E-state index contributed by atoms with van der Waals surface area (Å²) in [5.74, 6) is -0.963. The second-order valence-electron chi connectivity index (χ2n) is 8.20. The number of hydrogen-bond donors (Lipinski definition) is 1. The van der Waals surface area contributed by atoms with E-state index < -0.39 is 225 Å². The van der Waals surface area contributed by atoms with Crippen LogP contribution >= 0.6 is 7.82 Å². The van der Waals surface area contributed by atoms with E-state index in [-0.39, 0.29) is 7.11 Å². The van der Waals surface area contributed by atoms with Crippen LogP contribution < -0.4 is 3.39 Å². The van der Waals surface area contributed by atoms with Crippen LogP contribution in [-0.4, -0.2) is 15.8 Å². The summed E-state index contributed by atoms with van der Waals surface area (Å²) in [4.78, 5) is 9.65. The van der Waals surface area contributed by atoms with Gasteiger partial charge in [-0.2, -0.15) is 0 Å². The molecule has 0 amide bonds. The van der Waals surface area contributed by atoms with Gasteiger partial charge in [-0.1, -0.05) is 0 Å². The molecule has 0 saturated heterocycles. The minimum absolute atomic E-state index is 0.219. The Labute approximate surface area is 384 Å². The molecular formula is C7H8Mo12NO42P. The third-order valence-corrected chi connectivity index (χ3v) is 65.7. The molecule has 0 aliphatic heterocycles. The Bertz CT molecular complexity index is 3370. The van der Waals surface area contributed by atoms with Gasteiger partial charge in [0.15, 0.2) is 0 Å². The average Bonchev–Trinajstić information content (AvgIpc) is 2.88. The van der Waals surface area contributed by atoms with Crippen molar-refractivity contribution >= 4 is 13.5 Å². The van der Waals surface area contributed by atoms with Crippen LogP contribution in [-0.2, 0) is 318 Å². The number of nitro benzene ring substituents is 1. The number of nitrogens with zero attached hydrogens (tertiary/aromatic N) is 1. The number of benzene rings is 1. The molecule has 370 valence electrons. The Morgan fingerprint density at radius 2 is 0.683 bits per heavy atom. The number of non-ortho nitro benzene ring substituents is 1. The molecule has 0 heterocycles. The van der Waals surface area contributed by atoms with Crippen LogP contribution in [0, 0.1) is 10.1 Å². The van der Waals surface area contributed by atoms with E-state index in [2.05, 4.69) is 34.7 Å². The molecule has 1 aromatic rings. The van der Waals surface area contributed by atoms with Gasteiger partial charge in [-0.3, -0.25) is 0 Å². The first-order valence-electron chi connectivity index (χ1n) is 11.8. The van der Waals surface area contributed by atoms with Crippen molar-refractivity contribution < 1.29 is 330 Å². The zero-order chi connectivity index (χ0) is 50.0. The van der Waals surface area contributed by atoms with Gasteiger partial charge >= 0.3 is 391 Å². The van der Waals surface area contributed by atoms with Crippen LogP contribution in [0.1, 0.15) is 0 Å². The number of phosphoric acid groups is 1. The summed E-state index contributed by atoms with van der Waals surface area (Å²) in [6, 6.07) is 2.13. The van der Waals surface area contributed by atoms with E-state index in [0.717, 1.165) is 0 Å². The van der Waals surface area contributed by atoms with Crippen molar-refractivity contribution in [2.45, 2.75) is 0 Å². The Balaban J connectivity index is 3.63. The fraction of sp³-hybridized carbons (Fsp3) is 0.143. The van der Waals surface area contributed by atoms with E-state index in [1.54, 1.807) is 0 Å². The predicted octanol–water partition coefficient (Wildman–Crippen LogP) is -1.98. The van der Waals surface area contributed by atoms with Crippen LogP contribution in [0.15, 0.2) is 24.3 Å². The van der Waals surface area contributed by atoms with Crippen LogP contribution in [0.5, 0.6) is 5.75 Å². The van der Waals surface area contributed by atoms with Gasteiger partial charge in [0, 0.05) is 0 Å². The fourth-order valence-corrected chi connectivity index (χ4v) is 63.2. The summed E-state index contributed by atoms with van der Waals surface area (Å²) in [6.45, 7) is 0. The molecule has 0 radical (unpaired) electrons. The fourth-order valence-electron chi connectivity index (χ4n) is 2.18. The molecule has 1 aromatic carbocycles. The van der Waals surface area contributed by atoms with E-state index in [1.807, 2.05) is 0 Å².